The van der Waals surface area contributed by atoms with Crippen molar-refractivity contribution in [2.45, 2.75) is 39.8 Å². The molecule has 0 aliphatic carbocycles. The van der Waals surface area contributed by atoms with Gasteiger partial charge < -0.3 is 5.43 Å². The van der Waals surface area contributed by atoms with Crippen LogP contribution in [0.25, 0.3) is 0 Å². The van der Waals surface area contributed by atoms with Crippen molar-refractivity contribution in [1.82, 2.24) is 5.01 Å². The van der Waals surface area contributed by atoms with Crippen molar-refractivity contribution in [3.63, 3.8) is 0 Å². The second kappa shape index (κ2) is 5.61. The summed E-state index contributed by atoms with van der Waals surface area (Å²) in [5, 5.41) is 5.56. The number of hydrogen-bond acceptors (Lipinski definition) is 4. The van der Waals surface area contributed by atoms with Crippen molar-refractivity contribution in [3.8, 4) is 0 Å². The van der Waals surface area contributed by atoms with Gasteiger partial charge in [-0.25, -0.2) is 10.5 Å². The van der Waals surface area contributed by atoms with E-state index in [1.54, 1.807) is 0 Å². The number of nitrogens with zero attached hydrogens (tertiary/aromatic N) is 2. The molecular weight excluding hydrogens is 200 g/mol. The molecule has 0 bridgehead atoms. The van der Waals surface area contributed by atoms with Crippen LogP contribution in [0.4, 0.5) is 11.4 Å². The highest BCUT2D eigenvalue weighted by Gasteiger charge is 2.12. The first-order chi connectivity index (χ1) is 7.54. The lowest BCUT2D eigenvalue weighted by molar-refractivity contribution is 0.218. The average molecular weight is 220 g/mol. The molecule has 0 atom stereocenters. The second-order valence-corrected chi connectivity index (χ2v) is 4.37. The van der Waals surface area contributed by atoms with Gasteiger partial charge in [0.25, 0.3) is 0 Å². The molecule has 0 aromatic heterocycles. The molecule has 1 aromatic carbocycles. The number of nitrogens with one attached hydrogen (secondary N) is 2. The summed E-state index contributed by atoms with van der Waals surface area (Å²) in [5.41, 5.74) is 11.9. The zero-order valence-electron chi connectivity index (χ0n) is 10.4. The summed E-state index contributed by atoms with van der Waals surface area (Å²) in [4.78, 5) is 0. The Kier molecular flexibility index (Phi) is 4.43. The van der Waals surface area contributed by atoms with Crippen molar-refractivity contribution in [1.29, 1.82) is 5.53 Å². The van der Waals surface area contributed by atoms with E-state index < -0.39 is 0 Å². The van der Waals surface area contributed by atoms with Gasteiger partial charge in [0.2, 0.25) is 0 Å². The molecule has 0 fully saturated rings. The summed E-state index contributed by atoms with van der Waals surface area (Å²) in [6.07, 6.45) is 0. The Balaban J connectivity index is 2.73. The Morgan fingerprint density at radius 1 is 1.06 bits per heavy atom. The highest BCUT2D eigenvalue weighted by Crippen LogP contribution is 2.17. The van der Waals surface area contributed by atoms with Gasteiger partial charge in [-0.2, -0.15) is 5.11 Å². The molecule has 88 valence electrons. The molecular formula is C12H20N4. The van der Waals surface area contributed by atoms with E-state index in [2.05, 4.69) is 43.2 Å². The van der Waals surface area contributed by atoms with E-state index in [4.69, 9.17) is 5.53 Å². The zero-order chi connectivity index (χ0) is 12.1. The highest BCUT2D eigenvalue weighted by molar-refractivity contribution is 5.49. The lowest BCUT2D eigenvalue weighted by atomic mass is 10.2. The molecule has 16 heavy (non-hydrogen) atoms. The molecule has 0 unspecified atom stereocenters. The minimum Gasteiger partial charge on any atom is -0.318 e. The number of benzene rings is 1. The number of hydrogen-bond donors (Lipinski definition) is 2. The van der Waals surface area contributed by atoms with Crippen LogP contribution in [0.3, 0.4) is 0 Å². The van der Waals surface area contributed by atoms with E-state index in [0.717, 1.165) is 5.69 Å². The van der Waals surface area contributed by atoms with Crippen molar-refractivity contribution in [2.24, 2.45) is 5.11 Å². The average Bonchev–Trinajstić information content (AvgIpc) is 2.25. The first-order valence-electron chi connectivity index (χ1n) is 5.57. The molecule has 4 heteroatoms. The number of hydrazine groups is 1. The standard InChI is InChI=1S/C12H20N4/c1-9(2)16(10(3)4)15-12-7-5-11(14-13)6-8-12/h5-10,13,15H,1-4H3. The normalized spacial score (nSPS) is 11.2. The third kappa shape index (κ3) is 3.31. The molecule has 4 nitrogen and oxygen atoms in total. The fraction of sp³-hybridized carbons (Fsp3) is 0.500. The predicted octanol–water partition coefficient (Wildman–Crippen LogP) is 3.79. The minimum atomic E-state index is 0.431. The summed E-state index contributed by atoms with van der Waals surface area (Å²) in [7, 11) is 0. The molecule has 0 amide bonds. The van der Waals surface area contributed by atoms with Crippen LogP contribution in [0.1, 0.15) is 27.7 Å². The van der Waals surface area contributed by atoms with Crippen LogP contribution in [0.2, 0.25) is 0 Å². The quantitative estimate of drug-likeness (QED) is 0.586. The Bertz CT molecular complexity index is 321. The smallest absolute Gasteiger partial charge is 0.0851 e. The molecule has 0 heterocycles. The largest absolute Gasteiger partial charge is 0.318 e. The van der Waals surface area contributed by atoms with Gasteiger partial charge in [0, 0.05) is 17.8 Å². The molecule has 0 spiro atoms. The second-order valence-electron chi connectivity index (χ2n) is 4.37. The molecule has 1 rings (SSSR count). The van der Waals surface area contributed by atoms with Crippen LogP contribution in [0.5, 0.6) is 0 Å². The van der Waals surface area contributed by atoms with Crippen LogP contribution in [0, 0.1) is 5.53 Å². The summed E-state index contributed by atoms with van der Waals surface area (Å²) >= 11 is 0. The SMILES string of the molecule is CC(C)N(Nc1ccc(N=N)cc1)C(C)C. The third-order valence-electron chi connectivity index (χ3n) is 2.37. The van der Waals surface area contributed by atoms with Crippen LogP contribution in [-0.2, 0) is 0 Å². The number of rotatable bonds is 5. The van der Waals surface area contributed by atoms with Gasteiger partial charge in [-0.05, 0) is 52.0 Å². The van der Waals surface area contributed by atoms with Gasteiger partial charge in [-0.3, -0.25) is 0 Å². The van der Waals surface area contributed by atoms with E-state index in [0.29, 0.717) is 17.8 Å². The fourth-order valence-corrected chi connectivity index (χ4v) is 1.61. The molecule has 2 N–H and O–H groups in total. The van der Waals surface area contributed by atoms with Crippen LogP contribution in [-0.4, -0.2) is 17.1 Å². The monoisotopic (exact) mass is 220 g/mol. The van der Waals surface area contributed by atoms with Crippen LogP contribution < -0.4 is 5.43 Å². The molecule has 0 aliphatic rings. The molecule has 0 saturated heterocycles. The topological polar surface area (TPSA) is 51.5 Å². The van der Waals surface area contributed by atoms with Gasteiger partial charge >= 0.3 is 0 Å². The van der Waals surface area contributed by atoms with Gasteiger partial charge in [0.1, 0.15) is 0 Å². The molecule has 0 aliphatic heterocycles. The van der Waals surface area contributed by atoms with Crippen molar-refractivity contribution < 1.29 is 0 Å². The van der Waals surface area contributed by atoms with Gasteiger partial charge in [0.15, 0.2) is 0 Å². The van der Waals surface area contributed by atoms with Crippen molar-refractivity contribution in [2.75, 3.05) is 5.43 Å². The Labute approximate surface area is 97.1 Å². The van der Waals surface area contributed by atoms with E-state index in [9.17, 15) is 0 Å². The van der Waals surface area contributed by atoms with Crippen LogP contribution >= 0.6 is 0 Å². The predicted molar refractivity (Wildman–Crippen MR) is 67.0 cm³/mol. The third-order valence-corrected chi connectivity index (χ3v) is 2.37. The maximum absolute atomic E-state index is 6.89. The van der Waals surface area contributed by atoms with E-state index in [1.807, 2.05) is 24.3 Å². The fourth-order valence-electron chi connectivity index (χ4n) is 1.61. The number of anilines is 1. The van der Waals surface area contributed by atoms with Crippen LogP contribution in [0.15, 0.2) is 29.4 Å². The minimum absolute atomic E-state index is 0.431. The Hall–Kier alpha value is -1.42. The summed E-state index contributed by atoms with van der Waals surface area (Å²) in [6, 6.07) is 8.39. The maximum atomic E-state index is 6.89. The van der Waals surface area contributed by atoms with E-state index in [-0.39, 0.29) is 0 Å². The lowest BCUT2D eigenvalue weighted by Crippen LogP contribution is -2.41. The van der Waals surface area contributed by atoms with Gasteiger partial charge in [-0.15, -0.1) is 0 Å². The lowest BCUT2D eigenvalue weighted by Gasteiger charge is -2.31. The van der Waals surface area contributed by atoms with E-state index in [1.165, 1.54) is 0 Å². The first kappa shape index (κ1) is 12.6. The first-order valence-corrected chi connectivity index (χ1v) is 5.57. The Morgan fingerprint density at radius 2 is 1.56 bits per heavy atom. The summed E-state index contributed by atoms with van der Waals surface area (Å²) in [5.74, 6) is 0. The van der Waals surface area contributed by atoms with E-state index >= 15 is 0 Å². The molecule has 0 radical (unpaired) electrons. The van der Waals surface area contributed by atoms with Gasteiger partial charge in [0.05, 0.1) is 5.69 Å². The highest BCUT2D eigenvalue weighted by atomic mass is 15.5. The zero-order valence-corrected chi connectivity index (χ0v) is 10.4. The summed E-state index contributed by atoms with van der Waals surface area (Å²) in [6.45, 7) is 8.61. The van der Waals surface area contributed by atoms with Crippen molar-refractivity contribution >= 4 is 11.4 Å². The van der Waals surface area contributed by atoms with Crippen molar-refractivity contribution in [3.05, 3.63) is 24.3 Å². The molecule has 1 aromatic rings. The maximum Gasteiger partial charge on any atom is 0.0851 e. The Morgan fingerprint density at radius 3 is 1.94 bits per heavy atom. The van der Waals surface area contributed by atoms with Gasteiger partial charge in [-0.1, -0.05) is 0 Å². The molecule has 0 saturated carbocycles. The summed E-state index contributed by atoms with van der Waals surface area (Å²) < 4.78 is 0.